The second kappa shape index (κ2) is 7.12. The number of alkyl halides is 2. The maximum absolute atomic E-state index is 13.0. The Morgan fingerprint density at radius 1 is 1.29 bits per heavy atom. The van der Waals surface area contributed by atoms with Gasteiger partial charge in [0.2, 0.25) is 0 Å². The van der Waals surface area contributed by atoms with E-state index < -0.39 is 17.5 Å². The molecule has 110 valence electrons. The first-order valence-electron chi connectivity index (χ1n) is 5.98. The van der Waals surface area contributed by atoms with Crippen molar-refractivity contribution in [2.45, 2.75) is 17.3 Å². The maximum Gasteiger partial charge on any atom is 0.290 e. The second-order valence-electron chi connectivity index (χ2n) is 4.05. The molecule has 1 aromatic heterocycles. The van der Waals surface area contributed by atoms with E-state index in [2.05, 4.69) is 10.3 Å². The van der Waals surface area contributed by atoms with Gasteiger partial charge >= 0.3 is 0 Å². The summed E-state index contributed by atoms with van der Waals surface area (Å²) >= 11 is 0.212. The van der Waals surface area contributed by atoms with Crippen LogP contribution in [0.25, 0.3) is 0 Å². The Hall–Kier alpha value is -2.02. The van der Waals surface area contributed by atoms with Gasteiger partial charge in [-0.2, -0.15) is 8.78 Å². The summed E-state index contributed by atoms with van der Waals surface area (Å²) in [6.07, 6.45) is 1.34. The van der Waals surface area contributed by atoms with E-state index in [9.17, 15) is 18.0 Å². The minimum Gasteiger partial charge on any atom is -0.348 e. The third kappa shape index (κ3) is 4.49. The number of hydrogen-bond acceptors (Lipinski definition) is 3. The molecule has 7 heteroatoms. The van der Waals surface area contributed by atoms with Gasteiger partial charge in [-0.15, -0.1) is 0 Å². The SMILES string of the molecule is O=C(NCc1cccc(F)c1)c1cccnc1SC(F)F. The number of pyridine rings is 1. The van der Waals surface area contributed by atoms with E-state index in [-0.39, 0.29) is 28.9 Å². The van der Waals surface area contributed by atoms with Gasteiger partial charge in [0.05, 0.1) is 5.56 Å². The van der Waals surface area contributed by atoms with E-state index in [1.54, 1.807) is 6.07 Å². The zero-order valence-electron chi connectivity index (χ0n) is 10.7. The Bertz CT molecular complexity index is 637. The molecule has 0 aliphatic rings. The molecule has 1 heterocycles. The molecule has 0 aliphatic heterocycles. The van der Waals surface area contributed by atoms with E-state index in [1.165, 1.54) is 36.5 Å². The number of carbonyl (C=O) groups is 1. The first-order valence-corrected chi connectivity index (χ1v) is 6.86. The van der Waals surface area contributed by atoms with Gasteiger partial charge in [0.1, 0.15) is 10.8 Å². The van der Waals surface area contributed by atoms with Gasteiger partial charge < -0.3 is 5.32 Å². The highest BCUT2D eigenvalue weighted by molar-refractivity contribution is 7.99. The maximum atomic E-state index is 13.0. The van der Waals surface area contributed by atoms with E-state index in [0.29, 0.717) is 5.56 Å². The van der Waals surface area contributed by atoms with Crippen LogP contribution in [0.2, 0.25) is 0 Å². The van der Waals surface area contributed by atoms with Gasteiger partial charge in [0.15, 0.2) is 0 Å². The molecule has 1 aromatic carbocycles. The number of nitrogens with one attached hydrogen (secondary N) is 1. The summed E-state index contributed by atoms with van der Waals surface area (Å²) in [6, 6.07) is 8.67. The molecule has 0 radical (unpaired) electrons. The lowest BCUT2D eigenvalue weighted by Crippen LogP contribution is -2.23. The summed E-state index contributed by atoms with van der Waals surface area (Å²) < 4.78 is 37.8. The van der Waals surface area contributed by atoms with Gasteiger partial charge in [0.25, 0.3) is 11.7 Å². The van der Waals surface area contributed by atoms with Crippen LogP contribution < -0.4 is 5.32 Å². The molecule has 21 heavy (non-hydrogen) atoms. The highest BCUT2D eigenvalue weighted by atomic mass is 32.2. The predicted octanol–water partition coefficient (Wildman–Crippen LogP) is 3.47. The number of amides is 1. The molecule has 2 rings (SSSR count). The van der Waals surface area contributed by atoms with Crippen LogP contribution in [0.4, 0.5) is 13.2 Å². The van der Waals surface area contributed by atoms with Crippen molar-refractivity contribution < 1.29 is 18.0 Å². The highest BCUT2D eigenvalue weighted by Crippen LogP contribution is 2.26. The van der Waals surface area contributed by atoms with Gasteiger partial charge in [-0.1, -0.05) is 12.1 Å². The standard InChI is InChI=1S/C14H11F3N2OS/c15-10-4-1-3-9(7-10)8-19-12(20)11-5-2-6-18-13(11)21-14(16)17/h1-7,14H,8H2,(H,19,20). The van der Waals surface area contributed by atoms with Crippen molar-refractivity contribution in [2.75, 3.05) is 0 Å². The van der Waals surface area contributed by atoms with Crippen molar-refractivity contribution in [1.82, 2.24) is 10.3 Å². The first-order chi connectivity index (χ1) is 10.1. The van der Waals surface area contributed by atoms with E-state index in [4.69, 9.17) is 0 Å². The molecular formula is C14H11F3N2OS. The number of nitrogens with zero attached hydrogens (tertiary/aromatic N) is 1. The Labute approximate surface area is 123 Å². The third-order valence-electron chi connectivity index (χ3n) is 2.56. The summed E-state index contributed by atoms with van der Waals surface area (Å²) in [4.78, 5) is 15.8. The fraction of sp³-hybridized carbons (Fsp3) is 0.143. The second-order valence-corrected chi connectivity index (χ2v) is 5.03. The van der Waals surface area contributed by atoms with Crippen LogP contribution in [0, 0.1) is 5.82 Å². The van der Waals surface area contributed by atoms with Crippen LogP contribution >= 0.6 is 11.8 Å². The summed E-state index contributed by atoms with van der Waals surface area (Å²) in [5.74, 6) is -3.60. The van der Waals surface area contributed by atoms with Crippen molar-refractivity contribution in [3.05, 3.63) is 59.5 Å². The monoisotopic (exact) mass is 312 g/mol. The number of halogens is 3. The van der Waals surface area contributed by atoms with Crippen LogP contribution in [0.5, 0.6) is 0 Å². The number of aromatic nitrogens is 1. The number of thioether (sulfide) groups is 1. The van der Waals surface area contributed by atoms with Gasteiger partial charge in [-0.05, 0) is 41.6 Å². The topological polar surface area (TPSA) is 42.0 Å². The van der Waals surface area contributed by atoms with Gasteiger partial charge in [-0.25, -0.2) is 9.37 Å². The smallest absolute Gasteiger partial charge is 0.290 e. The molecule has 3 nitrogen and oxygen atoms in total. The van der Waals surface area contributed by atoms with E-state index in [1.807, 2.05) is 0 Å². The Morgan fingerprint density at radius 3 is 2.81 bits per heavy atom. The molecule has 2 aromatic rings. The van der Waals surface area contributed by atoms with Crippen LogP contribution in [-0.2, 0) is 6.54 Å². The first kappa shape index (κ1) is 15.4. The summed E-state index contributed by atoms with van der Waals surface area (Å²) in [7, 11) is 0. The summed E-state index contributed by atoms with van der Waals surface area (Å²) in [5, 5.41) is 2.51. The number of rotatable bonds is 5. The van der Waals surface area contributed by atoms with Crippen molar-refractivity contribution >= 4 is 17.7 Å². The summed E-state index contributed by atoms with van der Waals surface area (Å²) in [5.41, 5.74) is 0.648. The van der Waals surface area contributed by atoms with Crippen LogP contribution in [-0.4, -0.2) is 16.6 Å². The van der Waals surface area contributed by atoms with Crippen molar-refractivity contribution in [1.29, 1.82) is 0 Å². The van der Waals surface area contributed by atoms with Gasteiger partial charge in [0, 0.05) is 12.7 Å². The number of benzene rings is 1. The largest absolute Gasteiger partial charge is 0.348 e. The molecule has 0 saturated carbocycles. The zero-order chi connectivity index (χ0) is 15.2. The molecule has 0 aliphatic carbocycles. The number of hydrogen-bond donors (Lipinski definition) is 1. The highest BCUT2D eigenvalue weighted by Gasteiger charge is 2.16. The van der Waals surface area contributed by atoms with Gasteiger partial charge in [-0.3, -0.25) is 4.79 Å². The van der Waals surface area contributed by atoms with Crippen LogP contribution in [0.1, 0.15) is 15.9 Å². The minimum absolute atomic E-state index is 0.0377. The molecule has 0 bridgehead atoms. The quantitative estimate of drug-likeness (QED) is 0.860. The van der Waals surface area contributed by atoms with Crippen molar-refractivity contribution in [3.8, 4) is 0 Å². The Kier molecular flexibility index (Phi) is 5.21. The van der Waals surface area contributed by atoms with Crippen molar-refractivity contribution in [3.63, 3.8) is 0 Å². The Morgan fingerprint density at radius 2 is 2.10 bits per heavy atom. The molecule has 1 amide bonds. The molecular weight excluding hydrogens is 301 g/mol. The molecule has 0 atom stereocenters. The average molecular weight is 312 g/mol. The zero-order valence-corrected chi connectivity index (χ0v) is 11.5. The fourth-order valence-corrected chi connectivity index (χ4v) is 2.24. The lowest BCUT2D eigenvalue weighted by molar-refractivity contribution is 0.0947. The van der Waals surface area contributed by atoms with E-state index >= 15 is 0 Å². The molecule has 0 spiro atoms. The van der Waals surface area contributed by atoms with E-state index in [0.717, 1.165) is 0 Å². The molecule has 1 N–H and O–H groups in total. The molecule has 0 unspecified atom stereocenters. The average Bonchev–Trinajstić information content (AvgIpc) is 2.45. The predicted molar refractivity (Wildman–Crippen MR) is 73.7 cm³/mol. The van der Waals surface area contributed by atoms with Crippen molar-refractivity contribution in [2.24, 2.45) is 0 Å². The van der Waals surface area contributed by atoms with Crippen LogP contribution in [0.15, 0.2) is 47.6 Å². The summed E-state index contributed by atoms with van der Waals surface area (Å²) in [6.45, 7) is 0.101. The number of carbonyl (C=O) groups excluding carboxylic acids is 1. The molecule has 0 saturated heterocycles. The third-order valence-corrected chi connectivity index (χ3v) is 3.29. The normalized spacial score (nSPS) is 10.7. The molecule has 0 fully saturated rings. The lowest BCUT2D eigenvalue weighted by Gasteiger charge is -2.08. The van der Waals surface area contributed by atoms with Crippen LogP contribution in [0.3, 0.4) is 0 Å². The Balaban J connectivity index is 2.07. The fourth-order valence-electron chi connectivity index (χ4n) is 1.67. The minimum atomic E-state index is -2.66. The lowest BCUT2D eigenvalue weighted by atomic mass is 10.2.